The van der Waals surface area contributed by atoms with Gasteiger partial charge in [-0.15, -0.1) is 5.10 Å². The van der Waals surface area contributed by atoms with Crippen LogP contribution in [0.1, 0.15) is 32.1 Å². The predicted octanol–water partition coefficient (Wildman–Crippen LogP) is 4.42. The summed E-state index contributed by atoms with van der Waals surface area (Å²) in [6, 6.07) is 13.7. The van der Waals surface area contributed by atoms with Gasteiger partial charge in [0.05, 0.1) is 12.1 Å². The number of aryl methyl sites for hydroxylation is 1. The first-order valence-corrected chi connectivity index (χ1v) is 11.8. The standard InChI is InChI=1S/C25H25N7O2/c33-23(31-13-3-1-2-4-14-31)11-15-32-22-9-8-17(16-21(22)28-30-32)24-27-25(34-29-24)19-6-5-7-20-18(19)10-12-26-20/h5-10,12,16,26H,1-4,11,13-15H2. The molecule has 0 spiro atoms. The fourth-order valence-corrected chi connectivity index (χ4v) is 4.68. The lowest BCUT2D eigenvalue weighted by Crippen LogP contribution is -2.32. The number of hydrogen-bond acceptors (Lipinski definition) is 6. The molecule has 6 rings (SSSR count). The van der Waals surface area contributed by atoms with Gasteiger partial charge in [0.1, 0.15) is 5.52 Å². The Morgan fingerprint density at radius 1 is 1.06 bits per heavy atom. The second-order valence-electron chi connectivity index (χ2n) is 8.73. The second-order valence-corrected chi connectivity index (χ2v) is 8.73. The van der Waals surface area contributed by atoms with Crippen molar-refractivity contribution in [2.45, 2.75) is 38.6 Å². The molecular formula is C25H25N7O2. The minimum Gasteiger partial charge on any atom is -0.361 e. The maximum atomic E-state index is 12.6. The molecule has 0 radical (unpaired) electrons. The Kier molecular flexibility index (Phi) is 5.29. The molecule has 1 saturated heterocycles. The maximum Gasteiger partial charge on any atom is 0.258 e. The van der Waals surface area contributed by atoms with E-state index < -0.39 is 0 Å². The van der Waals surface area contributed by atoms with Gasteiger partial charge in [-0.1, -0.05) is 29.3 Å². The zero-order chi connectivity index (χ0) is 22.9. The highest BCUT2D eigenvalue weighted by Gasteiger charge is 2.17. The maximum absolute atomic E-state index is 12.6. The van der Waals surface area contributed by atoms with Crippen LogP contribution >= 0.6 is 0 Å². The lowest BCUT2D eigenvalue weighted by atomic mass is 10.1. The molecule has 0 unspecified atom stereocenters. The van der Waals surface area contributed by atoms with Gasteiger partial charge >= 0.3 is 0 Å². The number of aromatic nitrogens is 6. The van der Waals surface area contributed by atoms with E-state index in [0.717, 1.165) is 59.0 Å². The Balaban J connectivity index is 1.20. The Morgan fingerprint density at radius 3 is 2.82 bits per heavy atom. The van der Waals surface area contributed by atoms with Gasteiger partial charge in [0.15, 0.2) is 0 Å². The van der Waals surface area contributed by atoms with E-state index in [0.29, 0.717) is 24.7 Å². The molecule has 0 aliphatic carbocycles. The summed E-state index contributed by atoms with van der Waals surface area (Å²) in [4.78, 5) is 22.4. The first-order chi connectivity index (χ1) is 16.8. The molecule has 1 fully saturated rings. The van der Waals surface area contributed by atoms with Crippen molar-refractivity contribution in [3.63, 3.8) is 0 Å². The summed E-state index contributed by atoms with van der Waals surface area (Å²) in [7, 11) is 0. The number of carbonyl (C=O) groups is 1. The minimum absolute atomic E-state index is 0.193. The van der Waals surface area contributed by atoms with Gasteiger partial charge < -0.3 is 14.4 Å². The third-order valence-electron chi connectivity index (χ3n) is 6.52. The average molecular weight is 456 g/mol. The predicted molar refractivity (Wildman–Crippen MR) is 128 cm³/mol. The van der Waals surface area contributed by atoms with E-state index >= 15 is 0 Å². The molecule has 0 bridgehead atoms. The van der Waals surface area contributed by atoms with Crippen molar-refractivity contribution in [1.29, 1.82) is 0 Å². The van der Waals surface area contributed by atoms with Crippen LogP contribution in [0.5, 0.6) is 0 Å². The van der Waals surface area contributed by atoms with Gasteiger partial charge in [-0.3, -0.25) is 4.79 Å². The van der Waals surface area contributed by atoms with Gasteiger partial charge in [-0.25, -0.2) is 4.68 Å². The monoisotopic (exact) mass is 455 g/mol. The third kappa shape index (κ3) is 3.83. The van der Waals surface area contributed by atoms with Crippen molar-refractivity contribution in [1.82, 2.24) is 35.0 Å². The second kappa shape index (κ2) is 8.74. The number of amides is 1. The van der Waals surface area contributed by atoms with Gasteiger partial charge in [0, 0.05) is 47.7 Å². The number of rotatable bonds is 5. The molecule has 0 saturated carbocycles. The summed E-state index contributed by atoms with van der Waals surface area (Å²) in [5.74, 6) is 1.16. The molecule has 4 heterocycles. The van der Waals surface area contributed by atoms with Crippen LogP contribution in [0, 0.1) is 0 Å². The summed E-state index contributed by atoms with van der Waals surface area (Å²) < 4.78 is 7.37. The largest absolute Gasteiger partial charge is 0.361 e. The van der Waals surface area contributed by atoms with Crippen LogP contribution in [-0.2, 0) is 11.3 Å². The number of aromatic amines is 1. The lowest BCUT2D eigenvalue weighted by molar-refractivity contribution is -0.131. The van der Waals surface area contributed by atoms with Crippen molar-refractivity contribution in [3.8, 4) is 22.8 Å². The van der Waals surface area contributed by atoms with Crippen molar-refractivity contribution in [3.05, 3.63) is 48.7 Å². The van der Waals surface area contributed by atoms with E-state index in [4.69, 9.17) is 4.52 Å². The van der Waals surface area contributed by atoms with Crippen molar-refractivity contribution in [2.75, 3.05) is 13.1 Å². The highest BCUT2D eigenvalue weighted by Crippen LogP contribution is 2.29. The molecule has 1 aliphatic rings. The fourth-order valence-electron chi connectivity index (χ4n) is 4.68. The third-order valence-corrected chi connectivity index (χ3v) is 6.52. The number of nitrogens with zero attached hydrogens (tertiary/aromatic N) is 6. The highest BCUT2D eigenvalue weighted by molar-refractivity contribution is 5.93. The van der Waals surface area contributed by atoms with Crippen LogP contribution in [0.4, 0.5) is 0 Å². The Labute approximate surface area is 195 Å². The number of fused-ring (bicyclic) bond motifs is 2. The number of carbonyl (C=O) groups excluding carboxylic acids is 1. The minimum atomic E-state index is 0.193. The summed E-state index contributed by atoms with van der Waals surface area (Å²) in [6.45, 7) is 2.25. The number of nitrogens with one attached hydrogen (secondary N) is 1. The number of likely N-dealkylation sites (tertiary alicyclic amines) is 1. The normalized spacial score (nSPS) is 14.6. The molecule has 2 aromatic carbocycles. The summed E-state index contributed by atoms with van der Waals surface area (Å²) in [6.07, 6.45) is 6.94. The number of benzene rings is 2. The van der Waals surface area contributed by atoms with Crippen molar-refractivity contribution < 1.29 is 9.32 Å². The quantitative estimate of drug-likeness (QED) is 0.420. The molecule has 1 amide bonds. The number of hydrogen-bond donors (Lipinski definition) is 1. The number of H-pyrrole nitrogens is 1. The van der Waals surface area contributed by atoms with E-state index in [2.05, 4.69) is 25.4 Å². The van der Waals surface area contributed by atoms with Crippen LogP contribution in [0.15, 0.2) is 53.2 Å². The van der Waals surface area contributed by atoms with Gasteiger partial charge in [0.2, 0.25) is 11.7 Å². The molecule has 0 atom stereocenters. The first kappa shape index (κ1) is 20.6. The van der Waals surface area contributed by atoms with E-state index in [1.54, 1.807) is 4.68 Å². The molecule has 3 aromatic heterocycles. The van der Waals surface area contributed by atoms with Crippen LogP contribution in [0.2, 0.25) is 0 Å². The average Bonchev–Trinajstić information content (AvgIpc) is 3.58. The zero-order valence-electron chi connectivity index (χ0n) is 18.8. The van der Waals surface area contributed by atoms with Crippen LogP contribution in [0.3, 0.4) is 0 Å². The van der Waals surface area contributed by atoms with Crippen LogP contribution in [0.25, 0.3) is 44.8 Å². The lowest BCUT2D eigenvalue weighted by Gasteiger charge is -2.20. The van der Waals surface area contributed by atoms with Crippen molar-refractivity contribution >= 4 is 27.8 Å². The molecule has 34 heavy (non-hydrogen) atoms. The topological polar surface area (TPSA) is 106 Å². The Bertz CT molecular complexity index is 1460. The molecule has 9 heteroatoms. The van der Waals surface area contributed by atoms with Crippen molar-refractivity contribution in [2.24, 2.45) is 0 Å². The summed E-state index contributed by atoms with van der Waals surface area (Å²) >= 11 is 0. The van der Waals surface area contributed by atoms with E-state index in [1.165, 1.54) is 12.8 Å². The van der Waals surface area contributed by atoms with Gasteiger partial charge in [-0.2, -0.15) is 4.98 Å². The molecule has 9 nitrogen and oxygen atoms in total. The van der Waals surface area contributed by atoms with Gasteiger partial charge in [-0.05, 0) is 49.2 Å². The van der Waals surface area contributed by atoms with E-state index in [-0.39, 0.29) is 5.91 Å². The molecular weight excluding hydrogens is 430 g/mol. The first-order valence-electron chi connectivity index (χ1n) is 11.8. The van der Waals surface area contributed by atoms with E-state index in [1.807, 2.05) is 53.6 Å². The van der Waals surface area contributed by atoms with Gasteiger partial charge in [0.25, 0.3) is 5.89 Å². The highest BCUT2D eigenvalue weighted by atomic mass is 16.5. The SMILES string of the molecule is O=C(CCn1nnc2cc(-c3noc(-c4cccc5[nH]ccc45)n3)ccc21)N1CCCCCC1. The fraction of sp³-hybridized carbons (Fsp3) is 0.320. The summed E-state index contributed by atoms with van der Waals surface area (Å²) in [5.41, 5.74) is 4.33. The van der Waals surface area contributed by atoms with E-state index in [9.17, 15) is 4.79 Å². The molecule has 5 aromatic rings. The molecule has 172 valence electrons. The smallest absolute Gasteiger partial charge is 0.258 e. The van der Waals surface area contributed by atoms with Crippen LogP contribution < -0.4 is 0 Å². The molecule has 1 aliphatic heterocycles. The summed E-state index contributed by atoms with van der Waals surface area (Å²) in [5, 5.41) is 13.8. The Hall–Kier alpha value is -4.01. The zero-order valence-corrected chi connectivity index (χ0v) is 18.8. The van der Waals surface area contributed by atoms with Crippen LogP contribution in [-0.4, -0.2) is 54.0 Å². The molecule has 1 N–H and O–H groups in total. The Morgan fingerprint density at radius 2 is 1.94 bits per heavy atom.